The number of rotatable bonds is 10. The van der Waals surface area contributed by atoms with Crippen LogP contribution in [-0.4, -0.2) is 47.4 Å². The zero-order valence-corrected chi connectivity index (χ0v) is 18.9. The molecule has 8 nitrogen and oxygen atoms in total. The van der Waals surface area contributed by atoms with Gasteiger partial charge in [-0.2, -0.15) is 15.0 Å². The van der Waals surface area contributed by atoms with Crippen LogP contribution < -0.4 is 10.0 Å². The Kier molecular flexibility index (Phi) is 7.38. The predicted molar refractivity (Wildman–Crippen MR) is 116 cm³/mol. The van der Waals surface area contributed by atoms with Crippen LogP contribution in [0.5, 0.6) is 0 Å². The molecule has 1 saturated carbocycles. The summed E-state index contributed by atoms with van der Waals surface area (Å²) in [5.74, 6) is 0.104. The summed E-state index contributed by atoms with van der Waals surface area (Å²) in [4.78, 5) is 12.6. The van der Waals surface area contributed by atoms with Crippen molar-refractivity contribution in [3.05, 3.63) is 34.6 Å². The fourth-order valence-corrected chi connectivity index (χ4v) is 4.35. The van der Waals surface area contributed by atoms with Crippen LogP contribution in [0.25, 0.3) is 0 Å². The summed E-state index contributed by atoms with van der Waals surface area (Å²) < 4.78 is 39.8. The van der Waals surface area contributed by atoms with E-state index in [2.05, 4.69) is 25.0 Å². The Morgan fingerprint density at radius 1 is 1.30 bits per heavy atom. The second-order valence-electron chi connectivity index (χ2n) is 7.27. The molecule has 3 N–H and O–H groups in total. The minimum Gasteiger partial charge on any atom is -0.394 e. The molecule has 1 aromatic carbocycles. The molecule has 0 radical (unpaired) electrons. The third kappa shape index (κ3) is 6.93. The van der Waals surface area contributed by atoms with Crippen molar-refractivity contribution in [1.82, 2.24) is 15.0 Å². The molecular formula is C18H23ClFN5O3S2. The molecule has 1 aromatic heterocycles. The molecule has 1 aliphatic carbocycles. The van der Waals surface area contributed by atoms with Gasteiger partial charge in [-0.25, -0.2) is 12.8 Å². The van der Waals surface area contributed by atoms with E-state index in [1.54, 1.807) is 19.1 Å². The molecule has 0 aliphatic heterocycles. The van der Waals surface area contributed by atoms with Gasteiger partial charge in [-0.1, -0.05) is 42.3 Å². The van der Waals surface area contributed by atoms with Crippen LogP contribution in [0.4, 0.5) is 16.3 Å². The van der Waals surface area contributed by atoms with E-state index in [1.165, 1.54) is 6.07 Å². The highest BCUT2D eigenvalue weighted by Crippen LogP contribution is 2.36. The number of nitrogens with one attached hydrogen (secondary N) is 2. The minimum absolute atomic E-state index is 0.105. The number of anilines is 2. The van der Waals surface area contributed by atoms with Gasteiger partial charge >= 0.3 is 0 Å². The van der Waals surface area contributed by atoms with E-state index in [0.717, 1.165) is 37.3 Å². The average Bonchev–Trinajstić information content (AvgIpc) is 3.43. The lowest BCUT2D eigenvalue weighted by molar-refractivity contribution is 0.264. The van der Waals surface area contributed by atoms with E-state index in [-0.39, 0.29) is 35.0 Å². The van der Waals surface area contributed by atoms with Crippen LogP contribution in [-0.2, 0) is 10.0 Å². The largest absolute Gasteiger partial charge is 0.394 e. The Bertz CT molecular complexity index is 1010. The van der Waals surface area contributed by atoms with Crippen molar-refractivity contribution in [2.45, 2.75) is 42.6 Å². The average molecular weight is 476 g/mol. The van der Waals surface area contributed by atoms with Gasteiger partial charge in [-0.3, -0.25) is 4.72 Å². The second-order valence-corrected chi connectivity index (χ2v) is 10.8. The first kappa shape index (κ1) is 23.0. The van der Waals surface area contributed by atoms with Gasteiger partial charge in [0, 0.05) is 15.8 Å². The van der Waals surface area contributed by atoms with Gasteiger partial charge in [0.25, 0.3) is 0 Å². The van der Waals surface area contributed by atoms with Crippen molar-refractivity contribution in [3.63, 3.8) is 0 Å². The first-order valence-electron chi connectivity index (χ1n) is 9.36. The van der Waals surface area contributed by atoms with Gasteiger partial charge in [-0.15, -0.1) is 0 Å². The van der Waals surface area contributed by atoms with Crippen molar-refractivity contribution in [2.24, 2.45) is 5.92 Å². The molecule has 1 fully saturated rings. The number of hydrogen-bond donors (Lipinski definition) is 3. The number of hydrogen-bond acceptors (Lipinski definition) is 8. The second kappa shape index (κ2) is 9.63. The lowest BCUT2D eigenvalue weighted by atomic mass is 10.1. The summed E-state index contributed by atoms with van der Waals surface area (Å²) in [5.41, 5.74) is 0.416. The van der Waals surface area contributed by atoms with Crippen LogP contribution in [0.2, 0.25) is 5.02 Å². The molecule has 1 heterocycles. The monoisotopic (exact) mass is 475 g/mol. The summed E-state index contributed by atoms with van der Waals surface area (Å²) >= 11 is 6.96. The van der Waals surface area contributed by atoms with Crippen LogP contribution in [0.15, 0.2) is 23.4 Å². The number of aromatic nitrogens is 3. The van der Waals surface area contributed by atoms with E-state index in [1.807, 2.05) is 0 Å². The van der Waals surface area contributed by atoms with Gasteiger partial charge in [0.1, 0.15) is 5.82 Å². The summed E-state index contributed by atoms with van der Waals surface area (Å²) in [6.45, 7) is 1.67. The maximum atomic E-state index is 14.2. The Morgan fingerprint density at radius 3 is 2.60 bits per heavy atom. The predicted octanol–water partition coefficient (Wildman–Crippen LogP) is 3.46. The molecule has 2 aromatic rings. The molecule has 1 unspecified atom stereocenters. The highest BCUT2D eigenvalue weighted by Gasteiger charge is 2.26. The van der Waals surface area contributed by atoms with E-state index in [4.69, 9.17) is 11.6 Å². The third-order valence-electron chi connectivity index (χ3n) is 4.44. The topological polar surface area (TPSA) is 117 Å². The van der Waals surface area contributed by atoms with E-state index < -0.39 is 15.8 Å². The summed E-state index contributed by atoms with van der Waals surface area (Å²) in [5, 5.41) is 12.8. The van der Waals surface area contributed by atoms with Crippen molar-refractivity contribution >= 4 is 45.3 Å². The van der Waals surface area contributed by atoms with Crippen LogP contribution in [0.3, 0.4) is 0 Å². The van der Waals surface area contributed by atoms with Gasteiger partial charge in [0.15, 0.2) is 5.16 Å². The molecule has 1 aliphatic rings. The van der Waals surface area contributed by atoms with Crippen LogP contribution in [0, 0.1) is 11.7 Å². The number of aliphatic hydroxyl groups excluding tert-OH is 1. The normalized spacial score (nSPS) is 16.2. The molecule has 0 saturated heterocycles. The molecule has 164 valence electrons. The molecule has 30 heavy (non-hydrogen) atoms. The van der Waals surface area contributed by atoms with Crippen LogP contribution >= 0.6 is 23.4 Å². The third-order valence-corrected chi connectivity index (χ3v) is 6.23. The van der Waals surface area contributed by atoms with Crippen molar-refractivity contribution < 1.29 is 17.9 Å². The molecule has 0 spiro atoms. The molecule has 12 heteroatoms. The van der Waals surface area contributed by atoms with Gasteiger partial charge < -0.3 is 10.4 Å². The zero-order chi connectivity index (χ0) is 21.9. The standard InChI is InChI=1S/C18H23ClFN5O3S2/c1-10(14-6-5-12(19)8-15(14)20)29-18-23-16(21-13(9-26)7-11-3-4-11)22-17(24-18)25-30(2,27)28/h5-6,8,10-11,13,26H,3-4,7,9H2,1-2H3,(H2,21,22,23,24,25)/t10?,13-/m1/s1. The van der Waals surface area contributed by atoms with Crippen LogP contribution in [0.1, 0.15) is 37.0 Å². The van der Waals surface area contributed by atoms with Crippen molar-refractivity contribution in [2.75, 3.05) is 22.9 Å². The number of aliphatic hydroxyl groups is 1. The first-order chi connectivity index (χ1) is 14.1. The van der Waals surface area contributed by atoms with Gasteiger partial charge in [0.2, 0.25) is 21.9 Å². The Hall–Kier alpha value is -1.69. The number of nitrogens with zero attached hydrogens (tertiary/aromatic N) is 3. The molecular weight excluding hydrogens is 453 g/mol. The molecule has 0 bridgehead atoms. The fraction of sp³-hybridized carbons (Fsp3) is 0.500. The Labute approximate surface area is 184 Å². The molecule has 0 amide bonds. The fourth-order valence-electron chi connectivity index (χ4n) is 2.86. The van der Waals surface area contributed by atoms with E-state index in [9.17, 15) is 17.9 Å². The number of halogens is 2. The Morgan fingerprint density at radius 2 is 2.00 bits per heavy atom. The maximum Gasteiger partial charge on any atom is 0.242 e. The summed E-state index contributed by atoms with van der Waals surface area (Å²) in [6, 6.07) is 4.16. The lowest BCUT2D eigenvalue weighted by Crippen LogP contribution is -2.26. The van der Waals surface area contributed by atoms with Crippen molar-refractivity contribution in [1.29, 1.82) is 0 Å². The minimum atomic E-state index is -3.61. The first-order valence-corrected chi connectivity index (χ1v) is 12.5. The number of thioether (sulfide) groups is 1. The zero-order valence-electron chi connectivity index (χ0n) is 16.5. The smallest absolute Gasteiger partial charge is 0.242 e. The number of sulfonamides is 1. The molecule has 3 rings (SSSR count). The highest BCUT2D eigenvalue weighted by atomic mass is 35.5. The summed E-state index contributed by atoms with van der Waals surface area (Å²) in [7, 11) is -3.61. The maximum absolute atomic E-state index is 14.2. The molecule has 2 atom stereocenters. The lowest BCUT2D eigenvalue weighted by Gasteiger charge is -2.17. The van der Waals surface area contributed by atoms with Gasteiger partial charge in [-0.05, 0) is 31.4 Å². The quantitative estimate of drug-likeness (QED) is 0.447. The van der Waals surface area contributed by atoms with Crippen molar-refractivity contribution in [3.8, 4) is 0 Å². The van der Waals surface area contributed by atoms with E-state index >= 15 is 0 Å². The van der Waals surface area contributed by atoms with E-state index in [0.29, 0.717) is 16.5 Å². The van der Waals surface area contributed by atoms with Gasteiger partial charge in [0.05, 0.1) is 18.9 Å². The highest BCUT2D eigenvalue weighted by molar-refractivity contribution is 7.99. The SMILES string of the molecule is CC(Sc1nc(N[C@@H](CO)CC2CC2)nc(NS(C)(=O)=O)n1)c1ccc(Cl)cc1F. The summed E-state index contributed by atoms with van der Waals surface area (Å²) in [6.07, 6.45) is 4.01. The number of benzene rings is 1. The Balaban J connectivity index is 1.84.